The van der Waals surface area contributed by atoms with Gasteiger partial charge in [0.25, 0.3) is 0 Å². The Labute approximate surface area is 119 Å². The van der Waals surface area contributed by atoms with Gasteiger partial charge in [0, 0.05) is 13.3 Å². The normalized spacial score (nSPS) is 25.4. The lowest BCUT2D eigenvalue weighted by molar-refractivity contribution is -0.114. The maximum Gasteiger partial charge on any atom is 0.222 e. The van der Waals surface area contributed by atoms with E-state index in [2.05, 4.69) is 20.3 Å². The minimum absolute atomic E-state index is 0.252. The number of amides is 1. The first kappa shape index (κ1) is 13.9. The molecule has 0 unspecified atom stereocenters. The molecule has 0 aliphatic carbocycles. The van der Waals surface area contributed by atoms with Gasteiger partial charge in [0.15, 0.2) is 17.0 Å². The lowest BCUT2D eigenvalue weighted by Crippen LogP contribution is -2.24. The number of aliphatic hydroxyl groups excluding tert-OH is 2. The molecule has 0 bridgehead atoms. The topological polar surface area (TPSA) is 122 Å². The molecule has 21 heavy (non-hydrogen) atoms. The molecule has 9 heteroatoms. The van der Waals surface area contributed by atoms with Crippen LogP contribution in [0.15, 0.2) is 12.7 Å². The third-order valence-corrected chi connectivity index (χ3v) is 3.35. The summed E-state index contributed by atoms with van der Waals surface area (Å²) in [5, 5.41) is 21.5. The summed E-state index contributed by atoms with van der Waals surface area (Å²) < 4.78 is 7.23. The first-order valence-electron chi connectivity index (χ1n) is 6.49. The largest absolute Gasteiger partial charge is 0.394 e. The van der Waals surface area contributed by atoms with Gasteiger partial charge in [-0.1, -0.05) is 0 Å². The molecule has 112 valence electrons. The first-order valence-corrected chi connectivity index (χ1v) is 6.49. The van der Waals surface area contributed by atoms with Gasteiger partial charge in [-0.3, -0.25) is 9.36 Å². The number of aromatic nitrogens is 4. The lowest BCUT2D eigenvalue weighted by atomic mass is 10.2. The molecule has 1 fully saturated rings. The summed E-state index contributed by atoms with van der Waals surface area (Å²) in [6, 6.07) is 0. The van der Waals surface area contributed by atoms with E-state index in [1.807, 2.05) is 0 Å². The zero-order valence-corrected chi connectivity index (χ0v) is 11.3. The van der Waals surface area contributed by atoms with Crippen molar-refractivity contribution in [1.29, 1.82) is 0 Å². The number of carbonyl (C=O) groups excluding carboxylic acids is 1. The van der Waals surface area contributed by atoms with Gasteiger partial charge in [0.05, 0.1) is 19.0 Å². The molecule has 0 saturated carbocycles. The van der Waals surface area contributed by atoms with E-state index in [0.29, 0.717) is 23.4 Å². The molecule has 1 aliphatic rings. The summed E-state index contributed by atoms with van der Waals surface area (Å²) >= 11 is 0. The van der Waals surface area contributed by atoms with Gasteiger partial charge >= 0.3 is 0 Å². The maximum atomic E-state index is 11.2. The van der Waals surface area contributed by atoms with Crippen molar-refractivity contribution in [3.8, 4) is 0 Å². The SMILES string of the molecule is CC(=O)Nc1ncnc2c1ncn2[C@H]1C[C@H](O)[C@@H](CO)O1. The zero-order valence-electron chi connectivity index (χ0n) is 11.3. The Morgan fingerprint density at radius 3 is 3.00 bits per heavy atom. The van der Waals surface area contributed by atoms with Crippen LogP contribution in [0.2, 0.25) is 0 Å². The first-order chi connectivity index (χ1) is 10.1. The fourth-order valence-electron chi connectivity index (χ4n) is 2.37. The summed E-state index contributed by atoms with van der Waals surface area (Å²) in [5.74, 6) is 0.0703. The van der Waals surface area contributed by atoms with Crippen molar-refractivity contribution in [2.45, 2.75) is 31.8 Å². The van der Waals surface area contributed by atoms with Crippen LogP contribution in [-0.2, 0) is 9.53 Å². The second-order valence-corrected chi connectivity index (χ2v) is 4.84. The number of rotatable bonds is 3. The average Bonchev–Trinajstić information content (AvgIpc) is 3.02. The molecular weight excluding hydrogens is 278 g/mol. The second kappa shape index (κ2) is 5.35. The van der Waals surface area contributed by atoms with Crippen molar-refractivity contribution in [1.82, 2.24) is 19.5 Å². The third kappa shape index (κ3) is 2.46. The van der Waals surface area contributed by atoms with E-state index in [0.717, 1.165) is 0 Å². The van der Waals surface area contributed by atoms with Gasteiger partial charge in [-0.2, -0.15) is 0 Å². The van der Waals surface area contributed by atoms with Gasteiger partial charge in [0.2, 0.25) is 5.91 Å². The summed E-state index contributed by atoms with van der Waals surface area (Å²) in [7, 11) is 0. The number of hydrogen-bond acceptors (Lipinski definition) is 7. The van der Waals surface area contributed by atoms with Crippen molar-refractivity contribution in [3.05, 3.63) is 12.7 Å². The molecule has 0 aromatic carbocycles. The molecule has 2 aromatic heterocycles. The highest BCUT2D eigenvalue weighted by atomic mass is 16.5. The predicted octanol–water partition coefficient (Wildman–Crippen LogP) is -0.575. The van der Waals surface area contributed by atoms with E-state index in [-0.39, 0.29) is 12.5 Å². The molecule has 0 spiro atoms. The van der Waals surface area contributed by atoms with E-state index >= 15 is 0 Å². The number of ether oxygens (including phenoxy) is 1. The number of aliphatic hydroxyl groups is 2. The second-order valence-electron chi connectivity index (χ2n) is 4.84. The maximum absolute atomic E-state index is 11.2. The van der Waals surface area contributed by atoms with E-state index in [9.17, 15) is 9.90 Å². The Kier molecular flexibility index (Phi) is 3.53. The predicted molar refractivity (Wildman–Crippen MR) is 71.2 cm³/mol. The van der Waals surface area contributed by atoms with Gasteiger partial charge in [-0.25, -0.2) is 15.0 Å². The van der Waals surface area contributed by atoms with Crippen LogP contribution < -0.4 is 5.32 Å². The molecule has 3 rings (SSSR count). The number of nitrogens with one attached hydrogen (secondary N) is 1. The van der Waals surface area contributed by atoms with Crippen LogP contribution in [0.25, 0.3) is 11.2 Å². The third-order valence-electron chi connectivity index (χ3n) is 3.35. The number of imidazole rings is 1. The summed E-state index contributed by atoms with van der Waals surface area (Å²) in [4.78, 5) is 23.5. The van der Waals surface area contributed by atoms with Crippen molar-refractivity contribution in [2.24, 2.45) is 0 Å². The molecule has 9 nitrogen and oxygen atoms in total. The molecule has 1 amide bonds. The molecule has 1 aliphatic heterocycles. The minimum Gasteiger partial charge on any atom is -0.394 e. The van der Waals surface area contributed by atoms with Crippen molar-refractivity contribution in [2.75, 3.05) is 11.9 Å². The van der Waals surface area contributed by atoms with E-state index in [1.165, 1.54) is 19.6 Å². The Balaban J connectivity index is 1.96. The van der Waals surface area contributed by atoms with E-state index in [4.69, 9.17) is 9.84 Å². The number of anilines is 1. The van der Waals surface area contributed by atoms with Crippen molar-refractivity contribution < 1.29 is 19.7 Å². The highest BCUT2D eigenvalue weighted by Crippen LogP contribution is 2.31. The Morgan fingerprint density at radius 2 is 2.33 bits per heavy atom. The van der Waals surface area contributed by atoms with Gasteiger partial charge < -0.3 is 20.3 Å². The van der Waals surface area contributed by atoms with Gasteiger partial charge in [-0.15, -0.1) is 0 Å². The molecule has 2 aromatic rings. The molecule has 3 atom stereocenters. The number of carbonyl (C=O) groups is 1. The molecule has 0 radical (unpaired) electrons. The Hall–Kier alpha value is -2.10. The monoisotopic (exact) mass is 293 g/mol. The smallest absolute Gasteiger partial charge is 0.222 e. The molecule has 3 N–H and O–H groups in total. The Bertz CT molecular complexity index is 673. The van der Waals surface area contributed by atoms with Crippen molar-refractivity contribution in [3.63, 3.8) is 0 Å². The van der Waals surface area contributed by atoms with Crippen LogP contribution in [0.3, 0.4) is 0 Å². The van der Waals surface area contributed by atoms with Crippen molar-refractivity contribution >= 4 is 22.9 Å². The fourth-order valence-corrected chi connectivity index (χ4v) is 2.37. The highest BCUT2D eigenvalue weighted by Gasteiger charge is 2.35. The lowest BCUT2D eigenvalue weighted by Gasteiger charge is -2.13. The number of nitrogens with zero attached hydrogens (tertiary/aromatic N) is 4. The van der Waals surface area contributed by atoms with Gasteiger partial charge in [0.1, 0.15) is 18.7 Å². The number of fused-ring (bicyclic) bond motifs is 1. The minimum atomic E-state index is -0.742. The standard InChI is InChI=1S/C12H15N5O4/c1-6(19)16-11-10-12(14-4-13-11)17(5-15-10)9-2-7(20)8(3-18)21-9/h4-5,7-9,18,20H,2-3H2,1H3,(H,13,14,16,19)/t7-,8+,9+/m0/s1. The van der Waals surface area contributed by atoms with Crippen LogP contribution in [0.1, 0.15) is 19.6 Å². The van der Waals surface area contributed by atoms with E-state index in [1.54, 1.807) is 4.57 Å². The molecule has 1 saturated heterocycles. The summed E-state index contributed by atoms with van der Waals surface area (Å²) in [6.45, 7) is 1.13. The highest BCUT2D eigenvalue weighted by molar-refractivity contribution is 5.95. The molecule has 3 heterocycles. The van der Waals surface area contributed by atoms with Crippen LogP contribution >= 0.6 is 0 Å². The van der Waals surface area contributed by atoms with Gasteiger partial charge in [-0.05, 0) is 0 Å². The van der Waals surface area contributed by atoms with E-state index < -0.39 is 18.4 Å². The average molecular weight is 293 g/mol. The fraction of sp³-hybridized carbons (Fsp3) is 0.500. The Morgan fingerprint density at radius 1 is 1.52 bits per heavy atom. The van der Waals surface area contributed by atoms with Crippen LogP contribution in [0.4, 0.5) is 5.82 Å². The van der Waals surface area contributed by atoms with Crippen LogP contribution in [-0.4, -0.2) is 54.5 Å². The van der Waals surface area contributed by atoms with Crippen LogP contribution in [0, 0.1) is 0 Å². The summed E-state index contributed by atoms with van der Waals surface area (Å²) in [5.41, 5.74) is 0.933. The summed E-state index contributed by atoms with van der Waals surface area (Å²) in [6.07, 6.45) is 1.33. The molecular formula is C12H15N5O4. The quantitative estimate of drug-likeness (QED) is 0.692. The zero-order chi connectivity index (χ0) is 15.0. The van der Waals surface area contributed by atoms with Crippen LogP contribution in [0.5, 0.6) is 0 Å². The number of hydrogen-bond donors (Lipinski definition) is 3.